The van der Waals surface area contributed by atoms with Crippen LogP contribution < -0.4 is 28.4 Å². The SMILES string of the molecule is COc1ccnc(CS(=O)c2nc3ccc(OCCCOc4ccc5nc(S(=O)Cc6nccc(OC)c6OC)[nH]c5c4)cc3[nH]2)c1OC. The maximum Gasteiger partial charge on any atom is 0.197 e. The van der Waals surface area contributed by atoms with Gasteiger partial charge in [-0.3, -0.25) is 18.4 Å². The number of pyridine rings is 2. The average molecular weight is 707 g/mol. The summed E-state index contributed by atoms with van der Waals surface area (Å²) in [5.74, 6) is 3.42. The summed E-state index contributed by atoms with van der Waals surface area (Å²) in [5.41, 5.74) is 3.77. The van der Waals surface area contributed by atoms with Gasteiger partial charge in [0.05, 0.1) is 108 Å². The number of aromatic nitrogens is 6. The molecule has 14 nitrogen and oxygen atoms in total. The Morgan fingerprint density at radius 2 is 1.06 bits per heavy atom. The van der Waals surface area contributed by atoms with E-state index in [1.165, 1.54) is 28.4 Å². The van der Waals surface area contributed by atoms with Gasteiger partial charge in [0.15, 0.2) is 33.3 Å². The van der Waals surface area contributed by atoms with Crippen LogP contribution >= 0.6 is 0 Å². The van der Waals surface area contributed by atoms with E-state index in [1.807, 2.05) is 36.4 Å². The third kappa shape index (κ3) is 7.60. The van der Waals surface area contributed by atoms with Gasteiger partial charge in [-0.15, -0.1) is 0 Å². The van der Waals surface area contributed by atoms with Crippen molar-refractivity contribution in [2.75, 3.05) is 41.7 Å². The minimum atomic E-state index is -1.50. The van der Waals surface area contributed by atoms with E-state index < -0.39 is 21.6 Å². The lowest BCUT2D eigenvalue weighted by atomic mass is 10.3. The molecule has 2 aromatic carbocycles. The van der Waals surface area contributed by atoms with Gasteiger partial charge in [-0.1, -0.05) is 0 Å². The van der Waals surface area contributed by atoms with Crippen molar-refractivity contribution in [3.05, 3.63) is 72.3 Å². The van der Waals surface area contributed by atoms with Crippen molar-refractivity contribution in [3.63, 3.8) is 0 Å². The largest absolute Gasteiger partial charge is 0.493 e. The van der Waals surface area contributed by atoms with Gasteiger partial charge in [-0.25, -0.2) is 9.97 Å². The molecule has 2 atom stereocenters. The molecule has 16 heteroatoms. The van der Waals surface area contributed by atoms with Crippen LogP contribution in [0.15, 0.2) is 71.2 Å². The number of benzene rings is 2. The van der Waals surface area contributed by atoms with Crippen molar-refractivity contribution in [2.45, 2.75) is 28.2 Å². The quantitative estimate of drug-likeness (QED) is 0.133. The molecule has 0 fully saturated rings. The number of hydrogen-bond donors (Lipinski definition) is 2. The molecule has 0 saturated carbocycles. The van der Waals surface area contributed by atoms with Gasteiger partial charge >= 0.3 is 0 Å². The number of ether oxygens (including phenoxy) is 6. The van der Waals surface area contributed by atoms with Crippen LogP contribution in [0.4, 0.5) is 0 Å². The molecule has 2 unspecified atom stereocenters. The Labute approximate surface area is 286 Å². The molecule has 2 N–H and O–H groups in total. The highest BCUT2D eigenvalue weighted by Gasteiger charge is 2.19. The Morgan fingerprint density at radius 1 is 0.612 bits per heavy atom. The molecule has 0 saturated heterocycles. The predicted molar refractivity (Wildman–Crippen MR) is 183 cm³/mol. The fraction of sp³-hybridized carbons (Fsp3) is 0.273. The smallest absolute Gasteiger partial charge is 0.197 e. The summed E-state index contributed by atoms with van der Waals surface area (Å²) in [6.45, 7) is 0.827. The highest BCUT2D eigenvalue weighted by atomic mass is 32.2. The first-order valence-corrected chi connectivity index (χ1v) is 17.7. The first-order valence-electron chi connectivity index (χ1n) is 15.0. The molecule has 0 amide bonds. The molecule has 6 rings (SSSR count). The van der Waals surface area contributed by atoms with Gasteiger partial charge in [0.1, 0.15) is 11.5 Å². The van der Waals surface area contributed by atoms with Gasteiger partial charge in [0.2, 0.25) is 0 Å². The number of nitrogens with one attached hydrogen (secondary N) is 2. The molecule has 0 aliphatic rings. The third-order valence-corrected chi connectivity index (χ3v) is 9.71. The van der Waals surface area contributed by atoms with Gasteiger partial charge < -0.3 is 38.4 Å². The van der Waals surface area contributed by atoms with Crippen molar-refractivity contribution >= 4 is 43.7 Å². The molecule has 0 aliphatic carbocycles. The number of hydrogen-bond acceptors (Lipinski definition) is 12. The van der Waals surface area contributed by atoms with Crippen LogP contribution in [0, 0.1) is 0 Å². The maximum atomic E-state index is 13.1. The summed E-state index contributed by atoms with van der Waals surface area (Å²) < 4.78 is 59.6. The molecular formula is C33H34N6O8S2. The lowest BCUT2D eigenvalue weighted by Gasteiger charge is -2.10. The van der Waals surface area contributed by atoms with Gasteiger partial charge in [0.25, 0.3) is 0 Å². The summed E-state index contributed by atoms with van der Waals surface area (Å²) in [6.07, 6.45) is 3.79. The second-order valence-corrected chi connectivity index (χ2v) is 13.2. The zero-order valence-electron chi connectivity index (χ0n) is 27.2. The van der Waals surface area contributed by atoms with Crippen molar-refractivity contribution in [1.82, 2.24) is 29.9 Å². The molecule has 0 bridgehead atoms. The number of methoxy groups -OCH3 is 4. The van der Waals surface area contributed by atoms with Crippen molar-refractivity contribution in [2.24, 2.45) is 0 Å². The Morgan fingerprint density at radius 3 is 1.47 bits per heavy atom. The Balaban J connectivity index is 1.01. The van der Waals surface area contributed by atoms with Crippen molar-refractivity contribution in [3.8, 4) is 34.5 Å². The van der Waals surface area contributed by atoms with Gasteiger partial charge in [-0.05, 0) is 24.3 Å². The lowest BCUT2D eigenvalue weighted by molar-refractivity contribution is 0.248. The monoisotopic (exact) mass is 706 g/mol. The fourth-order valence-corrected chi connectivity index (χ4v) is 7.09. The van der Waals surface area contributed by atoms with Crippen molar-refractivity contribution in [1.29, 1.82) is 0 Å². The minimum Gasteiger partial charge on any atom is -0.493 e. The Bertz CT molecular complexity index is 1990. The number of nitrogens with zero attached hydrogens (tertiary/aromatic N) is 4. The number of imidazole rings is 2. The number of fused-ring (bicyclic) bond motifs is 2. The highest BCUT2D eigenvalue weighted by molar-refractivity contribution is 7.84. The first-order chi connectivity index (χ1) is 23.9. The standard InChI is InChI=1S/C33H34N6O8S2/c1-42-28-10-12-34-26(30(28)44-3)18-48(40)32-36-22-8-6-20(16-24(22)38-32)46-14-5-15-47-21-7-9-23-25(17-21)39-33(37-23)49(41)19-27-31(45-4)29(43-2)11-13-35-27/h6-13,16-17H,5,14-15,18-19H2,1-4H3,(H,36,38)(H,37,39). The van der Waals surface area contributed by atoms with Gasteiger partial charge in [0, 0.05) is 43.1 Å². The molecule has 4 heterocycles. The summed E-state index contributed by atoms with van der Waals surface area (Å²) in [4.78, 5) is 23.9. The van der Waals surface area contributed by atoms with E-state index in [0.717, 1.165) is 0 Å². The van der Waals surface area contributed by atoms with Crippen molar-refractivity contribution < 1.29 is 36.8 Å². The van der Waals surface area contributed by atoms with E-state index in [9.17, 15) is 8.42 Å². The van der Waals surface area contributed by atoms with Crippen LogP contribution in [0.1, 0.15) is 17.8 Å². The van der Waals surface area contributed by atoms with E-state index in [-0.39, 0.29) is 11.5 Å². The Hall–Kier alpha value is -5.22. The molecule has 4 aromatic heterocycles. The number of H-pyrrole nitrogens is 2. The van der Waals surface area contributed by atoms with E-state index >= 15 is 0 Å². The zero-order chi connectivity index (χ0) is 34.3. The molecule has 0 spiro atoms. The summed E-state index contributed by atoms with van der Waals surface area (Å²) >= 11 is 0. The molecule has 256 valence electrons. The first kappa shape index (κ1) is 33.7. The topological polar surface area (TPSA) is 173 Å². The highest BCUT2D eigenvalue weighted by Crippen LogP contribution is 2.32. The normalized spacial score (nSPS) is 12.5. The summed E-state index contributed by atoms with van der Waals surface area (Å²) in [6, 6.07) is 14.3. The van der Waals surface area contributed by atoms with Crippen LogP contribution in [0.25, 0.3) is 22.1 Å². The summed E-state index contributed by atoms with van der Waals surface area (Å²) in [7, 11) is 3.12. The number of aromatic amines is 2. The van der Waals surface area contributed by atoms with Crippen LogP contribution in [-0.2, 0) is 33.1 Å². The van der Waals surface area contributed by atoms with Crippen LogP contribution in [0.3, 0.4) is 0 Å². The maximum absolute atomic E-state index is 13.1. The molecular weight excluding hydrogens is 673 g/mol. The minimum absolute atomic E-state index is 0.106. The van der Waals surface area contributed by atoms with Crippen LogP contribution in [0.5, 0.6) is 34.5 Å². The molecule has 49 heavy (non-hydrogen) atoms. The van der Waals surface area contributed by atoms with E-state index in [1.54, 1.807) is 24.5 Å². The molecule has 6 aromatic rings. The second-order valence-electron chi connectivity index (χ2n) is 10.5. The molecule has 0 aliphatic heterocycles. The van der Waals surface area contributed by atoms with E-state index in [2.05, 4.69) is 29.9 Å². The van der Waals surface area contributed by atoms with E-state index in [4.69, 9.17) is 28.4 Å². The predicted octanol–water partition coefficient (Wildman–Crippen LogP) is 4.73. The third-order valence-electron chi connectivity index (χ3n) is 7.39. The second kappa shape index (κ2) is 15.3. The fourth-order valence-electron chi connectivity index (χ4n) is 5.06. The molecule has 0 radical (unpaired) electrons. The van der Waals surface area contributed by atoms with E-state index in [0.29, 0.717) is 97.9 Å². The van der Waals surface area contributed by atoms with Gasteiger partial charge in [-0.2, -0.15) is 0 Å². The van der Waals surface area contributed by atoms with Crippen LogP contribution in [0.2, 0.25) is 0 Å². The zero-order valence-corrected chi connectivity index (χ0v) is 28.8. The Kier molecular flexibility index (Phi) is 10.5. The average Bonchev–Trinajstić information content (AvgIpc) is 3.75. The summed E-state index contributed by atoms with van der Waals surface area (Å²) in [5, 5.41) is 0.655. The number of rotatable bonds is 16. The lowest BCUT2D eigenvalue weighted by Crippen LogP contribution is -2.05. The van der Waals surface area contributed by atoms with Crippen LogP contribution in [-0.4, -0.2) is 80.0 Å².